The zero-order valence-corrected chi connectivity index (χ0v) is 13.3. The predicted octanol–water partition coefficient (Wildman–Crippen LogP) is 4.41. The van der Waals surface area contributed by atoms with Crippen LogP contribution in [-0.2, 0) is 0 Å². The summed E-state index contributed by atoms with van der Waals surface area (Å²) in [5.41, 5.74) is 9.37. The Labute approximate surface area is 132 Å². The molecule has 106 valence electrons. The van der Waals surface area contributed by atoms with E-state index in [1.807, 2.05) is 12.3 Å². The number of aromatic amines is 1. The van der Waals surface area contributed by atoms with Crippen LogP contribution in [0.3, 0.4) is 0 Å². The fourth-order valence-electron chi connectivity index (χ4n) is 2.74. The minimum absolute atomic E-state index is 0. The number of primary amides is 1. The SMILES string of the molecule is Cl.NC(=O)c1cc(Br)cc2c(C3=CCCCC3)c[nH]c12. The van der Waals surface area contributed by atoms with E-state index in [0.717, 1.165) is 28.2 Å². The highest BCUT2D eigenvalue weighted by Gasteiger charge is 2.15. The summed E-state index contributed by atoms with van der Waals surface area (Å²) in [5, 5.41) is 1.07. The van der Waals surface area contributed by atoms with Gasteiger partial charge in [0.15, 0.2) is 0 Å². The molecule has 1 heterocycles. The Morgan fingerprint density at radius 3 is 2.75 bits per heavy atom. The zero-order chi connectivity index (χ0) is 13.4. The number of carbonyl (C=O) groups excluding carboxylic acids is 1. The molecular formula is C15H16BrClN2O. The van der Waals surface area contributed by atoms with Gasteiger partial charge in [0.25, 0.3) is 5.91 Å². The second-order valence-corrected chi connectivity index (χ2v) is 5.83. The van der Waals surface area contributed by atoms with Crippen molar-refractivity contribution in [3.8, 4) is 0 Å². The third-order valence-corrected chi connectivity index (χ3v) is 4.11. The first kappa shape index (κ1) is 15.1. The summed E-state index contributed by atoms with van der Waals surface area (Å²) in [5.74, 6) is -0.405. The Hall–Kier alpha value is -1.26. The van der Waals surface area contributed by atoms with Gasteiger partial charge in [-0.2, -0.15) is 0 Å². The summed E-state index contributed by atoms with van der Waals surface area (Å²) in [6.07, 6.45) is 9.03. The minimum Gasteiger partial charge on any atom is -0.366 e. The molecule has 0 unspecified atom stereocenters. The van der Waals surface area contributed by atoms with E-state index in [9.17, 15) is 4.79 Å². The van der Waals surface area contributed by atoms with E-state index in [1.165, 1.54) is 24.0 Å². The molecule has 0 spiro atoms. The van der Waals surface area contributed by atoms with Crippen molar-refractivity contribution >= 4 is 50.7 Å². The lowest BCUT2D eigenvalue weighted by atomic mass is 9.93. The molecule has 0 atom stereocenters. The van der Waals surface area contributed by atoms with Crippen molar-refractivity contribution in [2.24, 2.45) is 5.73 Å². The molecule has 1 aromatic heterocycles. The number of amides is 1. The number of aromatic nitrogens is 1. The Morgan fingerprint density at radius 1 is 1.30 bits per heavy atom. The second-order valence-electron chi connectivity index (χ2n) is 4.92. The smallest absolute Gasteiger partial charge is 0.250 e. The van der Waals surface area contributed by atoms with Gasteiger partial charge in [-0.15, -0.1) is 12.4 Å². The summed E-state index contributed by atoms with van der Waals surface area (Å²) in [6.45, 7) is 0. The molecule has 0 fully saturated rings. The Morgan fingerprint density at radius 2 is 2.10 bits per heavy atom. The van der Waals surface area contributed by atoms with E-state index in [0.29, 0.717) is 5.56 Å². The molecule has 5 heteroatoms. The first-order chi connectivity index (χ1) is 9.16. The first-order valence-electron chi connectivity index (χ1n) is 6.46. The summed E-state index contributed by atoms with van der Waals surface area (Å²) < 4.78 is 0.881. The maximum atomic E-state index is 11.5. The number of benzene rings is 1. The monoisotopic (exact) mass is 354 g/mol. The molecule has 0 aliphatic heterocycles. The average molecular weight is 356 g/mol. The number of H-pyrrole nitrogens is 1. The lowest BCUT2D eigenvalue weighted by Gasteiger charge is -2.12. The molecule has 1 aliphatic carbocycles. The molecule has 3 nitrogen and oxygen atoms in total. The highest BCUT2D eigenvalue weighted by atomic mass is 79.9. The van der Waals surface area contributed by atoms with Gasteiger partial charge in [-0.1, -0.05) is 22.0 Å². The quantitative estimate of drug-likeness (QED) is 0.823. The molecule has 0 radical (unpaired) electrons. The van der Waals surface area contributed by atoms with Crippen LogP contribution >= 0.6 is 28.3 Å². The summed E-state index contributed by atoms with van der Waals surface area (Å²) in [6, 6.07) is 3.81. The normalized spacial score (nSPS) is 14.8. The van der Waals surface area contributed by atoms with Crippen molar-refractivity contribution < 1.29 is 4.79 Å². The Balaban J connectivity index is 0.00000147. The van der Waals surface area contributed by atoms with Crippen molar-refractivity contribution in [3.63, 3.8) is 0 Å². The highest BCUT2D eigenvalue weighted by molar-refractivity contribution is 9.10. The zero-order valence-electron chi connectivity index (χ0n) is 10.9. The highest BCUT2D eigenvalue weighted by Crippen LogP contribution is 2.34. The molecule has 0 saturated carbocycles. The number of nitrogens with two attached hydrogens (primary N) is 1. The van der Waals surface area contributed by atoms with Crippen LogP contribution in [0.15, 0.2) is 28.9 Å². The van der Waals surface area contributed by atoms with Crippen molar-refractivity contribution in [2.45, 2.75) is 25.7 Å². The number of hydrogen-bond acceptors (Lipinski definition) is 1. The molecule has 0 saturated heterocycles. The number of nitrogens with one attached hydrogen (secondary N) is 1. The number of fused-ring (bicyclic) bond motifs is 1. The van der Waals surface area contributed by atoms with E-state index in [-0.39, 0.29) is 12.4 Å². The van der Waals surface area contributed by atoms with Gasteiger partial charge in [-0.05, 0) is 43.4 Å². The van der Waals surface area contributed by atoms with Gasteiger partial charge in [-0.3, -0.25) is 4.79 Å². The fourth-order valence-corrected chi connectivity index (χ4v) is 3.20. The Bertz CT molecular complexity index is 690. The van der Waals surface area contributed by atoms with Crippen LogP contribution in [0.2, 0.25) is 0 Å². The number of hydrogen-bond donors (Lipinski definition) is 2. The molecule has 3 N–H and O–H groups in total. The average Bonchev–Trinajstić information content (AvgIpc) is 2.82. The molecular weight excluding hydrogens is 340 g/mol. The third kappa shape index (κ3) is 2.63. The molecule has 0 bridgehead atoms. The van der Waals surface area contributed by atoms with Crippen LogP contribution in [0.25, 0.3) is 16.5 Å². The van der Waals surface area contributed by atoms with Gasteiger partial charge in [0.1, 0.15) is 0 Å². The molecule has 3 rings (SSSR count). The first-order valence-corrected chi connectivity index (χ1v) is 7.26. The van der Waals surface area contributed by atoms with Crippen molar-refractivity contribution in [1.29, 1.82) is 0 Å². The van der Waals surface area contributed by atoms with Crippen LogP contribution in [0.4, 0.5) is 0 Å². The van der Waals surface area contributed by atoms with E-state index in [1.54, 1.807) is 6.07 Å². The molecule has 1 aromatic carbocycles. The van der Waals surface area contributed by atoms with Gasteiger partial charge >= 0.3 is 0 Å². The topological polar surface area (TPSA) is 58.9 Å². The number of carbonyl (C=O) groups is 1. The lowest BCUT2D eigenvalue weighted by molar-refractivity contribution is 0.100. The van der Waals surface area contributed by atoms with Crippen LogP contribution in [-0.4, -0.2) is 10.9 Å². The van der Waals surface area contributed by atoms with Crippen LogP contribution in [0.1, 0.15) is 41.6 Å². The molecule has 1 aliphatic rings. The predicted molar refractivity (Wildman–Crippen MR) is 88.2 cm³/mol. The number of allylic oxidation sites excluding steroid dienone is 2. The van der Waals surface area contributed by atoms with Gasteiger partial charge in [-0.25, -0.2) is 0 Å². The van der Waals surface area contributed by atoms with Crippen LogP contribution in [0.5, 0.6) is 0 Å². The van der Waals surface area contributed by atoms with E-state index < -0.39 is 5.91 Å². The molecule has 1 amide bonds. The van der Waals surface area contributed by atoms with Gasteiger partial charge in [0.2, 0.25) is 0 Å². The van der Waals surface area contributed by atoms with E-state index in [4.69, 9.17) is 5.73 Å². The number of halogens is 2. The standard InChI is InChI=1S/C15H15BrN2O.ClH/c16-10-6-11-13(9-4-2-1-3-5-9)8-18-14(11)12(7-10)15(17)19;/h4,6-8,18H,1-3,5H2,(H2,17,19);1H. The van der Waals surface area contributed by atoms with Crippen molar-refractivity contribution in [3.05, 3.63) is 40.0 Å². The largest absolute Gasteiger partial charge is 0.366 e. The van der Waals surface area contributed by atoms with Crippen LogP contribution < -0.4 is 5.73 Å². The molecule has 20 heavy (non-hydrogen) atoms. The lowest BCUT2D eigenvalue weighted by Crippen LogP contribution is -2.11. The van der Waals surface area contributed by atoms with Gasteiger partial charge in [0.05, 0.1) is 11.1 Å². The Kier molecular flexibility index (Phi) is 4.55. The summed E-state index contributed by atoms with van der Waals surface area (Å²) in [4.78, 5) is 14.7. The minimum atomic E-state index is -0.405. The van der Waals surface area contributed by atoms with Crippen molar-refractivity contribution in [1.82, 2.24) is 4.98 Å². The van der Waals surface area contributed by atoms with Gasteiger partial charge < -0.3 is 10.7 Å². The van der Waals surface area contributed by atoms with Gasteiger partial charge in [0, 0.05) is 21.6 Å². The number of rotatable bonds is 2. The van der Waals surface area contributed by atoms with E-state index >= 15 is 0 Å². The summed E-state index contributed by atoms with van der Waals surface area (Å²) >= 11 is 3.45. The maximum Gasteiger partial charge on any atom is 0.250 e. The third-order valence-electron chi connectivity index (χ3n) is 3.66. The molecule has 2 aromatic rings. The second kappa shape index (κ2) is 6.02. The summed E-state index contributed by atoms with van der Waals surface area (Å²) in [7, 11) is 0. The van der Waals surface area contributed by atoms with Crippen LogP contribution in [0, 0.1) is 0 Å². The fraction of sp³-hybridized carbons (Fsp3) is 0.267. The van der Waals surface area contributed by atoms with Crippen molar-refractivity contribution in [2.75, 3.05) is 0 Å². The maximum absolute atomic E-state index is 11.5. The van der Waals surface area contributed by atoms with E-state index in [2.05, 4.69) is 27.0 Å².